The Bertz CT molecular complexity index is 849. The van der Waals surface area contributed by atoms with Crippen molar-refractivity contribution in [2.45, 2.75) is 39.8 Å². The number of carbonyl (C=O) groups excluding carboxylic acids is 1. The summed E-state index contributed by atoms with van der Waals surface area (Å²) < 4.78 is 3.57. The molecule has 3 aromatic rings. The third-order valence-electron chi connectivity index (χ3n) is 4.31. The average molecular weight is 337 g/mol. The summed E-state index contributed by atoms with van der Waals surface area (Å²) in [6, 6.07) is 11.5. The molecule has 0 radical (unpaired) electrons. The maximum Gasteiger partial charge on any atom is 0.245 e. The van der Waals surface area contributed by atoms with Crippen molar-refractivity contribution in [3.8, 4) is 5.69 Å². The molecule has 0 saturated heterocycles. The molecule has 0 unspecified atom stereocenters. The first kappa shape index (κ1) is 17.0. The number of aryl methyl sites for hydroxylation is 2. The van der Waals surface area contributed by atoms with Crippen LogP contribution in [0.15, 0.2) is 48.8 Å². The Balaban J connectivity index is 1.69. The maximum absolute atomic E-state index is 12.4. The van der Waals surface area contributed by atoms with Crippen LogP contribution in [0.1, 0.15) is 42.9 Å². The molecule has 130 valence electrons. The van der Waals surface area contributed by atoms with Gasteiger partial charge in [0.2, 0.25) is 5.91 Å². The van der Waals surface area contributed by atoms with E-state index in [0.717, 1.165) is 22.6 Å². The van der Waals surface area contributed by atoms with Crippen LogP contribution >= 0.6 is 0 Å². The van der Waals surface area contributed by atoms with Gasteiger partial charge in [-0.25, -0.2) is 4.68 Å². The normalized spacial score (nSPS) is 13.4. The van der Waals surface area contributed by atoms with E-state index in [2.05, 4.69) is 15.5 Å². The second kappa shape index (κ2) is 6.93. The fraction of sp³-hybridized carbons (Fsp3) is 0.316. The van der Waals surface area contributed by atoms with Crippen molar-refractivity contribution < 1.29 is 4.79 Å². The number of amides is 1. The minimum Gasteiger partial charge on any atom is -0.348 e. The third kappa shape index (κ3) is 3.63. The molecule has 0 aliphatic heterocycles. The van der Waals surface area contributed by atoms with Crippen LogP contribution < -0.4 is 5.32 Å². The molecule has 0 aliphatic rings. The van der Waals surface area contributed by atoms with Crippen LogP contribution in [0, 0.1) is 13.8 Å². The number of aromatic nitrogens is 4. The summed E-state index contributed by atoms with van der Waals surface area (Å²) >= 11 is 0. The maximum atomic E-state index is 12.4. The lowest BCUT2D eigenvalue weighted by Crippen LogP contribution is -2.33. The smallest absolute Gasteiger partial charge is 0.245 e. The second-order valence-electron chi connectivity index (χ2n) is 6.32. The average Bonchev–Trinajstić information content (AvgIpc) is 3.23. The predicted octanol–water partition coefficient (Wildman–Crippen LogP) is 3.12. The van der Waals surface area contributed by atoms with E-state index in [1.54, 1.807) is 17.1 Å². The lowest BCUT2D eigenvalue weighted by molar-refractivity contribution is -0.124. The third-order valence-corrected chi connectivity index (χ3v) is 4.31. The highest BCUT2D eigenvalue weighted by Crippen LogP contribution is 2.18. The molecule has 25 heavy (non-hydrogen) atoms. The minimum atomic E-state index is -0.341. The molecular weight excluding hydrogens is 314 g/mol. The number of hydrogen-bond acceptors (Lipinski definition) is 3. The van der Waals surface area contributed by atoms with Crippen molar-refractivity contribution in [3.05, 3.63) is 65.7 Å². The number of rotatable bonds is 5. The van der Waals surface area contributed by atoms with Gasteiger partial charge < -0.3 is 5.32 Å². The summed E-state index contributed by atoms with van der Waals surface area (Å²) in [6.45, 7) is 7.83. The number of nitrogens with zero attached hydrogens (tertiary/aromatic N) is 4. The number of hydrogen-bond donors (Lipinski definition) is 1. The summed E-state index contributed by atoms with van der Waals surface area (Å²) in [4.78, 5) is 12.4. The Morgan fingerprint density at radius 3 is 2.44 bits per heavy atom. The van der Waals surface area contributed by atoms with Crippen LogP contribution in [-0.2, 0) is 4.79 Å². The molecule has 1 aromatic carbocycles. The van der Waals surface area contributed by atoms with Gasteiger partial charge in [-0.3, -0.25) is 9.48 Å². The molecule has 2 aromatic heterocycles. The van der Waals surface area contributed by atoms with Crippen molar-refractivity contribution in [1.82, 2.24) is 24.9 Å². The zero-order chi connectivity index (χ0) is 18.0. The van der Waals surface area contributed by atoms with Gasteiger partial charge in [0.1, 0.15) is 6.04 Å². The predicted molar refractivity (Wildman–Crippen MR) is 96.5 cm³/mol. The Labute approximate surface area is 147 Å². The Kier molecular flexibility index (Phi) is 4.70. The molecule has 0 saturated carbocycles. The van der Waals surface area contributed by atoms with Gasteiger partial charge in [-0.15, -0.1) is 0 Å². The SMILES string of the molecule is Cc1cc(C)n(-c2ccc([C@H](C)NC(=O)[C@@H](C)n3cccn3)cc2)n1. The highest BCUT2D eigenvalue weighted by molar-refractivity contribution is 5.80. The van der Waals surface area contributed by atoms with E-state index in [0.29, 0.717) is 0 Å². The van der Waals surface area contributed by atoms with Crippen LogP contribution in [-0.4, -0.2) is 25.5 Å². The minimum absolute atomic E-state index is 0.0566. The molecule has 3 rings (SSSR count). The first-order valence-electron chi connectivity index (χ1n) is 8.39. The molecule has 6 nitrogen and oxygen atoms in total. The molecular formula is C19H23N5O. The second-order valence-corrected chi connectivity index (χ2v) is 6.32. The van der Waals surface area contributed by atoms with Crippen molar-refractivity contribution in [2.75, 3.05) is 0 Å². The van der Waals surface area contributed by atoms with Crippen molar-refractivity contribution in [3.63, 3.8) is 0 Å². The summed E-state index contributed by atoms with van der Waals surface area (Å²) in [6.07, 6.45) is 3.46. The standard InChI is InChI=1S/C19H23N5O/c1-13-12-14(2)24(22-13)18-8-6-17(7-9-18)15(3)21-19(25)16(4)23-11-5-10-20-23/h5-12,15-16H,1-4H3,(H,21,25)/t15-,16+/m0/s1. The van der Waals surface area contributed by atoms with E-state index >= 15 is 0 Å². The summed E-state index contributed by atoms with van der Waals surface area (Å²) in [5.41, 5.74) is 4.15. The zero-order valence-electron chi connectivity index (χ0n) is 15.0. The number of nitrogens with one attached hydrogen (secondary N) is 1. The zero-order valence-corrected chi connectivity index (χ0v) is 15.0. The fourth-order valence-electron chi connectivity index (χ4n) is 2.84. The molecule has 2 atom stereocenters. The first-order valence-corrected chi connectivity index (χ1v) is 8.39. The number of carbonyl (C=O) groups is 1. The van der Waals surface area contributed by atoms with Crippen LogP contribution in [0.25, 0.3) is 5.69 Å². The lowest BCUT2D eigenvalue weighted by atomic mass is 10.1. The van der Waals surface area contributed by atoms with E-state index in [4.69, 9.17) is 0 Å². The van der Waals surface area contributed by atoms with Gasteiger partial charge in [0.05, 0.1) is 17.4 Å². The molecule has 0 bridgehead atoms. The first-order chi connectivity index (χ1) is 12.0. The quantitative estimate of drug-likeness (QED) is 0.778. The van der Waals surface area contributed by atoms with Gasteiger partial charge in [-0.2, -0.15) is 10.2 Å². The Morgan fingerprint density at radius 2 is 1.88 bits per heavy atom. The van der Waals surface area contributed by atoms with E-state index in [9.17, 15) is 4.79 Å². The summed E-state index contributed by atoms with van der Waals surface area (Å²) in [5, 5.41) is 11.6. The monoisotopic (exact) mass is 337 g/mol. The Hall–Kier alpha value is -2.89. The van der Waals surface area contributed by atoms with Crippen molar-refractivity contribution in [2.24, 2.45) is 0 Å². The molecule has 1 amide bonds. The number of benzene rings is 1. The topological polar surface area (TPSA) is 64.7 Å². The van der Waals surface area contributed by atoms with Crippen molar-refractivity contribution in [1.29, 1.82) is 0 Å². The molecule has 2 heterocycles. The highest BCUT2D eigenvalue weighted by Gasteiger charge is 2.18. The molecule has 0 spiro atoms. The molecule has 0 fully saturated rings. The fourth-order valence-corrected chi connectivity index (χ4v) is 2.84. The van der Waals surface area contributed by atoms with Crippen LogP contribution in [0.4, 0.5) is 0 Å². The van der Waals surface area contributed by atoms with Gasteiger partial charge >= 0.3 is 0 Å². The van der Waals surface area contributed by atoms with Gasteiger partial charge in [0, 0.05) is 18.1 Å². The van der Waals surface area contributed by atoms with E-state index < -0.39 is 0 Å². The van der Waals surface area contributed by atoms with Crippen LogP contribution in [0.3, 0.4) is 0 Å². The van der Waals surface area contributed by atoms with E-state index in [1.165, 1.54) is 0 Å². The van der Waals surface area contributed by atoms with Gasteiger partial charge in [0.25, 0.3) is 0 Å². The van der Waals surface area contributed by atoms with E-state index in [-0.39, 0.29) is 18.0 Å². The molecule has 1 N–H and O–H groups in total. The van der Waals surface area contributed by atoms with Crippen LogP contribution in [0.2, 0.25) is 0 Å². The Morgan fingerprint density at radius 1 is 1.16 bits per heavy atom. The van der Waals surface area contributed by atoms with Crippen LogP contribution in [0.5, 0.6) is 0 Å². The lowest BCUT2D eigenvalue weighted by Gasteiger charge is -2.18. The molecule has 6 heteroatoms. The van der Waals surface area contributed by atoms with Crippen molar-refractivity contribution >= 4 is 5.91 Å². The van der Waals surface area contributed by atoms with E-state index in [1.807, 2.05) is 68.8 Å². The van der Waals surface area contributed by atoms with Gasteiger partial charge in [-0.05, 0) is 57.5 Å². The molecule has 0 aliphatic carbocycles. The summed E-state index contributed by atoms with van der Waals surface area (Å²) in [7, 11) is 0. The highest BCUT2D eigenvalue weighted by atomic mass is 16.2. The largest absolute Gasteiger partial charge is 0.348 e. The van der Waals surface area contributed by atoms with Gasteiger partial charge in [0.15, 0.2) is 0 Å². The summed E-state index contributed by atoms with van der Waals surface area (Å²) in [5.74, 6) is -0.0566. The van der Waals surface area contributed by atoms with Gasteiger partial charge in [-0.1, -0.05) is 12.1 Å².